The van der Waals surface area contributed by atoms with Crippen molar-refractivity contribution in [2.75, 3.05) is 36.5 Å². The Bertz CT molecular complexity index is 1680. The Labute approximate surface area is 259 Å². The molecule has 2 fully saturated rings. The topological polar surface area (TPSA) is 148 Å². The third-order valence-electron chi connectivity index (χ3n) is 8.56. The molecule has 3 aromatic rings. The molecule has 3 heterocycles. The minimum atomic E-state index is -4.87. The number of carboxylic acids is 1. The number of benzene rings is 2. The van der Waals surface area contributed by atoms with E-state index in [4.69, 9.17) is 10.5 Å². The zero-order valence-corrected chi connectivity index (χ0v) is 25.8. The van der Waals surface area contributed by atoms with Gasteiger partial charge in [0.15, 0.2) is 9.84 Å². The molecule has 242 valence electrons. The summed E-state index contributed by atoms with van der Waals surface area (Å²) in [6.45, 7) is 3.51. The first-order chi connectivity index (χ1) is 21.2. The van der Waals surface area contributed by atoms with Crippen LogP contribution in [-0.2, 0) is 21.1 Å². The Morgan fingerprint density at radius 3 is 2.53 bits per heavy atom. The van der Waals surface area contributed by atoms with Crippen LogP contribution in [0.25, 0.3) is 11.1 Å². The van der Waals surface area contributed by atoms with Crippen LogP contribution in [0.2, 0.25) is 0 Å². The number of nitrogens with two attached hydrogens (primary N) is 1. The minimum absolute atomic E-state index is 0.0172. The molecule has 4 N–H and O–H groups in total. The van der Waals surface area contributed by atoms with Crippen LogP contribution in [0, 0.1) is 5.41 Å². The number of carboxylic acid groups (broad SMARTS) is 1. The summed E-state index contributed by atoms with van der Waals surface area (Å²) < 4.78 is 74.6. The predicted molar refractivity (Wildman–Crippen MR) is 163 cm³/mol. The molecular weight excluding hydrogens is 611 g/mol. The molecule has 1 aromatic heterocycles. The zero-order chi connectivity index (χ0) is 32.6. The lowest BCUT2D eigenvalue weighted by Crippen LogP contribution is -2.41. The maximum Gasteiger partial charge on any atom is 0.429 e. The van der Waals surface area contributed by atoms with Crippen LogP contribution in [-0.4, -0.2) is 67.6 Å². The fraction of sp³-hybridized carbons (Fsp3) is 0.452. The molecule has 0 unspecified atom stereocenters. The summed E-state index contributed by atoms with van der Waals surface area (Å²) >= 11 is 0. The number of alkyl halides is 3. The summed E-state index contributed by atoms with van der Waals surface area (Å²) in [6.07, 6.45) is -3.19. The van der Waals surface area contributed by atoms with Gasteiger partial charge in [-0.3, -0.25) is 4.79 Å². The number of rotatable bonds is 9. The van der Waals surface area contributed by atoms with E-state index in [-0.39, 0.29) is 33.3 Å². The van der Waals surface area contributed by atoms with Crippen molar-refractivity contribution in [3.63, 3.8) is 0 Å². The van der Waals surface area contributed by atoms with Crippen LogP contribution in [0.4, 0.5) is 24.9 Å². The number of hydrogen-bond acceptors (Lipinski definition) is 9. The highest BCUT2D eigenvalue weighted by Gasteiger charge is 2.46. The molecule has 2 aromatic carbocycles. The van der Waals surface area contributed by atoms with E-state index in [9.17, 15) is 31.5 Å². The van der Waals surface area contributed by atoms with E-state index in [2.05, 4.69) is 15.3 Å². The summed E-state index contributed by atoms with van der Waals surface area (Å²) in [6, 6.07) is 11.3. The van der Waals surface area contributed by atoms with Gasteiger partial charge < -0.3 is 25.8 Å². The lowest BCUT2D eigenvalue weighted by molar-refractivity contribution is -0.198. The summed E-state index contributed by atoms with van der Waals surface area (Å²) in [4.78, 5) is 21.5. The number of halogens is 3. The van der Waals surface area contributed by atoms with E-state index in [1.54, 1.807) is 18.2 Å². The molecular formula is C31H36F3N5O5S. The van der Waals surface area contributed by atoms with E-state index in [0.717, 1.165) is 6.26 Å². The first-order valence-electron chi connectivity index (χ1n) is 14.7. The number of anilines is 2. The zero-order valence-electron chi connectivity index (χ0n) is 25.0. The van der Waals surface area contributed by atoms with Crippen molar-refractivity contribution >= 4 is 27.6 Å². The van der Waals surface area contributed by atoms with Crippen LogP contribution in [0.15, 0.2) is 53.4 Å². The number of piperidine rings is 1. The molecule has 2 atom stereocenters. The molecule has 0 amide bonds. The molecule has 2 aliphatic rings. The van der Waals surface area contributed by atoms with E-state index >= 15 is 0 Å². The van der Waals surface area contributed by atoms with Gasteiger partial charge in [-0.05, 0) is 59.9 Å². The largest absolute Gasteiger partial charge is 0.480 e. The van der Waals surface area contributed by atoms with Gasteiger partial charge in [-0.2, -0.15) is 23.1 Å². The normalized spacial score (nSPS) is 19.0. The lowest BCUT2D eigenvalue weighted by atomic mass is 9.76. The van der Waals surface area contributed by atoms with Crippen LogP contribution < -0.4 is 20.7 Å². The number of nitrogens with one attached hydrogen (secondary N) is 1. The highest BCUT2D eigenvalue weighted by atomic mass is 32.2. The molecule has 2 aliphatic heterocycles. The van der Waals surface area contributed by atoms with E-state index in [0.29, 0.717) is 68.7 Å². The Morgan fingerprint density at radius 1 is 1.18 bits per heavy atom. The number of aliphatic carboxylic acids is 1. The Kier molecular flexibility index (Phi) is 9.00. The molecule has 1 spiro atoms. The van der Waals surface area contributed by atoms with Gasteiger partial charge in [0.2, 0.25) is 17.9 Å². The van der Waals surface area contributed by atoms with Gasteiger partial charge in [-0.25, -0.2) is 8.42 Å². The second-order valence-corrected chi connectivity index (χ2v) is 13.9. The number of nitrogens with zero attached hydrogens (tertiary/aromatic N) is 3. The second-order valence-electron chi connectivity index (χ2n) is 11.9. The molecule has 0 bridgehead atoms. The van der Waals surface area contributed by atoms with Crippen molar-refractivity contribution in [3.8, 4) is 17.0 Å². The third kappa shape index (κ3) is 7.33. The van der Waals surface area contributed by atoms with Crippen LogP contribution in [0.5, 0.6) is 5.88 Å². The van der Waals surface area contributed by atoms with Gasteiger partial charge in [0, 0.05) is 37.5 Å². The number of carbonyl (C=O) groups is 1. The first-order valence-corrected chi connectivity index (χ1v) is 16.6. The van der Waals surface area contributed by atoms with Crippen molar-refractivity contribution in [1.29, 1.82) is 0 Å². The number of sulfone groups is 1. The van der Waals surface area contributed by atoms with E-state index in [1.807, 2.05) is 11.8 Å². The van der Waals surface area contributed by atoms with Gasteiger partial charge >= 0.3 is 12.1 Å². The molecule has 2 saturated heterocycles. The van der Waals surface area contributed by atoms with Crippen molar-refractivity contribution in [2.45, 2.75) is 62.2 Å². The third-order valence-corrected chi connectivity index (χ3v) is 9.67. The minimum Gasteiger partial charge on any atom is -0.480 e. The second kappa shape index (κ2) is 12.5. The molecule has 10 nitrogen and oxygen atoms in total. The van der Waals surface area contributed by atoms with Gasteiger partial charge in [0.25, 0.3) is 0 Å². The fourth-order valence-corrected chi connectivity index (χ4v) is 6.86. The van der Waals surface area contributed by atoms with E-state index in [1.165, 1.54) is 30.3 Å². The average molecular weight is 648 g/mol. The quantitative estimate of drug-likeness (QED) is 0.296. The Morgan fingerprint density at radius 2 is 1.91 bits per heavy atom. The fourth-order valence-electron chi connectivity index (χ4n) is 6.19. The number of aryl methyl sites for hydroxylation is 1. The highest BCUT2D eigenvalue weighted by Crippen LogP contribution is 2.43. The standard InChI is InChI=1S/C31H36F3N5O5S/c1-3-5-19-8-9-22(20-6-4-7-21(15-20)45(2,42)43)23(14-19)27(31(32,33)34)44-26-16-25(37-29(35)38-26)39-12-10-30(11-13-39)17-24(28(40)41)36-18-30/h4,6-9,14-16,24,27,36H,3,5,10-13,17-18H2,1-2H3,(H,40,41)(H2,35,37,38)/t24-,27+/m0/s1. The van der Waals surface area contributed by atoms with Crippen molar-refractivity contribution in [3.05, 3.63) is 59.7 Å². The summed E-state index contributed by atoms with van der Waals surface area (Å²) in [5.74, 6) is -1.18. The predicted octanol–water partition coefficient (Wildman–Crippen LogP) is 4.80. The molecule has 45 heavy (non-hydrogen) atoms. The number of hydrogen-bond donors (Lipinski definition) is 3. The average Bonchev–Trinajstić information content (AvgIpc) is 3.39. The van der Waals surface area contributed by atoms with Crippen molar-refractivity contribution < 1.29 is 36.2 Å². The van der Waals surface area contributed by atoms with Gasteiger partial charge in [-0.1, -0.05) is 43.7 Å². The first kappa shape index (κ1) is 32.5. The molecule has 0 aliphatic carbocycles. The van der Waals surface area contributed by atoms with Crippen molar-refractivity contribution in [1.82, 2.24) is 15.3 Å². The van der Waals surface area contributed by atoms with Gasteiger partial charge in [0.05, 0.1) is 4.90 Å². The Balaban J connectivity index is 1.47. The summed E-state index contributed by atoms with van der Waals surface area (Å²) in [5.41, 5.74) is 6.75. The maximum atomic E-state index is 14.8. The van der Waals surface area contributed by atoms with Crippen LogP contribution >= 0.6 is 0 Å². The SMILES string of the molecule is CCCc1ccc(-c2cccc(S(C)(=O)=O)c2)c([C@@H](Oc2cc(N3CCC4(CC3)CN[C@H](C(=O)O)C4)nc(N)n2)C(F)(F)F)c1. The van der Waals surface area contributed by atoms with Gasteiger partial charge in [-0.15, -0.1) is 0 Å². The molecule has 14 heteroatoms. The van der Waals surface area contributed by atoms with Crippen LogP contribution in [0.1, 0.15) is 49.8 Å². The van der Waals surface area contributed by atoms with Gasteiger partial charge in [0.1, 0.15) is 11.9 Å². The number of nitrogen functional groups attached to an aromatic ring is 1. The summed E-state index contributed by atoms with van der Waals surface area (Å²) in [7, 11) is -3.61. The molecule has 0 radical (unpaired) electrons. The lowest BCUT2D eigenvalue weighted by Gasteiger charge is -2.39. The van der Waals surface area contributed by atoms with E-state index < -0.39 is 34.1 Å². The Hall–Kier alpha value is -3.91. The van der Waals surface area contributed by atoms with Crippen molar-refractivity contribution in [2.24, 2.45) is 5.41 Å². The molecule has 0 saturated carbocycles. The highest BCUT2D eigenvalue weighted by molar-refractivity contribution is 7.90. The van der Waals surface area contributed by atoms with Crippen LogP contribution in [0.3, 0.4) is 0 Å². The number of ether oxygens (including phenoxy) is 1. The number of aromatic nitrogens is 2. The monoisotopic (exact) mass is 647 g/mol. The summed E-state index contributed by atoms with van der Waals surface area (Å²) in [5, 5.41) is 12.4. The smallest absolute Gasteiger partial charge is 0.429 e. The molecule has 5 rings (SSSR count). The maximum absolute atomic E-state index is 14.8.